The maximum atomic E-state index is 12.4. The Labute approximate surface area is 157 Å². The standard InChI is InChI=1S/C21H18N4O2/c1-3-20(26)25(2)19-10-6-16(7-11-19)21(27)24-18-8-4-15(5-9-18)17-12-22-14-23-13-17/h3-14H,1H2,2H3,(H,24,27). The van der Waals surface area contributed by atoms with Crippen molar-refractivity contribution in [3.05, 3.63) is 85.5 Å². The van der Waals surface area contributed by atoms with Gasteiger partial charge in [-0.15, -0.1) is 0 Å². The smallest absolute Gasteiger partial charge is 0.255 e. The van der Waals surface area contributed by atoms with Gasteiger partial charge in [-0.2, -0.15) is 0 Å². The highest BCUT2D eigenvalue weighted by molar-refractivity contribution is 6.05. The lowest BCUT2D eigenvalue weighted by molar-refractivity contribution is -0.113. The average Bonchev–Trinajstić information content (AvgIpc) is 2.74. The number of nitrogens with one attached hydrogen (secondary N) is 1. The van der Waals surface area contributed by atoms with E-state index in [-0.39, 0.29) is 11.8 Å². The summed E-state index contributed by atoms with van der Waals surface area (Å²) in [4.78, 5) is 33.5. The summed E-state index contributed by atoms with van der Waals surface area (Å²) in [6.07, 6.45) is 6.19. The Kier molecular flexibility index (Phi) is 5.37. The Morgan fingerprint density at radius 3 is 2.19 bits per heavy atom. The number of aromatic nitrogens is 2. The van der Waals surface area contributed by atoms with E-state index in [4.69, 9.17) is 0 Å². The van der Waals surface area contributed by atoms with Crippen molar-refractivity contribution in [2.45, 2.75) is 0 Å². The van der Waals surface area contributed by atoms with Crippen LogP contribution >= 0.6 is 0 Å². The summed E-state index contributed by atoms with van der Waals surface area (Å²) in [5, 5.41) is 2.85. The highest BCUT2D eigenvalue weighted by Gasteiger charge is 2.10. The van der Waals surface area contributed by atoms with E-state index in [0.29, 0.717) is 16.9 Å². The number of amides is 2. The molecule has 0 aliphatic carbocycles. The van der Waals surface area contributed by atoms with Gasteiger partial charge in [0.1, 0.15) is 6.33 Å². The van der Waals surface area contributed by atoms with E-state index in [2.05, 4.69) is 21.9 Å². The van der Waals surface area contributed by atoms with Gasteiger partial charge in [0, 0.05) is 41.9 Å². The number of benzene rings is 2. The van der Waals surface area contributed by atoms with E-state index < -0.39 is 0 Å². The summed E-state index contributed by atoms with van der Waals surface area (Å²) in [5.74, 6) is -0.439. The van der Waals surface area contributed by atoms with Gasteiger partial charge >= 0.3 is 0 Å². The largest absolute Gasteiger partial charge is 0.322 e. The van der Waals surface area contributed by atoms with Crippen LogP contribution in [0.3, 0.4) is 0 Å². The molecule has 27 heavy (non-hydrogen) atoms. The summed E-state index contributed by atoms with van der Waals surface area (Å²) in [6.45, 7) is 3.46. The maximum absolute atomic E-state index is 12.4. The van der Waals surface area contributed by atoms with Crippen LogP contribution in [-0.2, 0) is 4.79 Å². The average molecular weight is 358 g/mol. The normalized spacial score (nSPS) is 10.1. The molecule has 2 aromatic carbocycles. The third-order valence-corrected chi connectivity index (χ3v) is 4.06. The molecule has 0 fully saturated rings. The highest BCUT2D eigenvalue weighted by atomic mass is 16.2. The summed E-state index contributed by atoms with van der Waals surface area (Å²) in [6, 6.07) is 14.2. The van der Waals surface area contributed by atoms with E-state index in [1.54, 1.807) is 43.7 Å². The van der Waals surface area contributed by atoms with E-state index in [0.717, 1.165) is 11.1 Å². The lowest BCUT2D eigenvalue weighted by Gasteiger charge is -2.15. The van der Waals surface area contributed by atoms with Crippen molar-refractivity contribution in [1.29, 1.82) is 0 Å². The molecular formula is C21H18N4O2. The molecule has 3 aromatic rings. The van der Waals surface area contributed by atoms with Gasteiger partial charge in [0.2, 0.25) is 5.91 Å². The zero-order valence-electron chi connectivity index (χ0n) is 14.8. The van der Waals surface area contributed by atoms with Crippen LogP contribution in [0, 0.1) is 0 Å². The summed E-state index contributed by atoms with van der Waals surface area (Å²) < 4.78 is 0. The predicted molar refractivity (Wildman–Crippen MR) is 105 cm³/mol. The van der Waals surface area contributed by atoms with Crippen molar-refractivity contribution >= 4 is 23.2 Å². The molecule has 134 valence electrons. The minimum Gasteiger partial charge on any atom is -0.322 e. The van der Waals surface area contributed by atoms with Crippen molar-refractivity contribution in [2.75, 3.05) is 17.3 Å². The molecule has 0 aliphatic rings. The van der Waals surface area contributed by atoms with Gasteiger partial charge in [-0.05, 0) is 48.0 Å². The monoisotopic (exact) mass is 358 g/mol. The van der Waals surface area contributed by atoms with Crippen LogP contribution in [0.4, 0.5) is 11.4 Å². The number of likely N-dealkylation sites (N-methyl/N-ethyl adjacent to an activating group) is 1. The molecule has 3 rings (SSSR count). The number of carbonyl (C=O) groups excluding carboxylic acids is 2. The number of rotatable bonds is 5. The molecule has 0 radical (unpaired) electrons. The quantitative estimate of drug-likeness (QED) is 0.708. The molecule has 1 heterocycles. The third kappa shape index (κ3) is 4.24. The van der Waals surface area contributed by atoms with Crippen molar-refractivity contribution in [3.8, 4) is 11.1 Å². The van der Waals surface area contributed by atoms with E-state index in [9.17, 15) is 9.59 Å². The van der Waals surface area contributed by atoms with Crippen LogP contribution in [0.5, 0.6) is 0 Å². The van der Waals surface area contributed by atoms with Gasteiger partial charge in [0.15, 0.2) is 0 Å². The first-order chi connectivity index (χ1) is 13.1. The fraction of sp³-hybridized carbons (Fsp3) is 0.0476. The molecule has 6 heteroatoms. The van der Waals surface area contributed by atoms with Crippen molar-refractivity contribution in [1.82, 2.24) is 9.97 Å². The first-order valence-corrected chi connectivity index (χ1v) is 8.25. The zero-order valence-corrected chi connectivity index (χ0v) is 14.8. The maximum Gasteiger partial charge on any atom is 0.255 e. The molecule has 0 aliphatic heterocycles. The Bertz CT molecular complexity index is 952. The molecule has 2 amide bonds. The van der Waals surface area contributed by atoms with Crippen LogP contribution in [0.1, 0.15) is 10.4 Å². The number of hydrogen-bond donors (Lipinski definition) is 1. The van der Waals surface area contributed by atoms with Crippen LogP contribution in [0.25, 0.3) is 11.1 Å². The van der Waals surface area contributed by atoms with Crippen molar-refractivity contribution in [2.24, 2.45) is 0 Å². The van der Waals surface area contributed by atoms with Crippen LogP contribution in [0.2, 0.25) is 0 Å². The van der Waals surface area contributed by atoms with Crippen LogP contribution in [0.15, 0.2) is 79.9 Å². The molecule has 0 bridgehead atoms. The van der Waals surface area contributed by atoms with Gasteiger partial charge < -0.3 is 10.2 Å². The van der Waals surface area contributed by atoms with Gasteiger partial charge in [0.05, 0.1) is 0 Å². The third-order valence-electron chi connectivity index (χ3n) is 4.06. The number of anilines is 2. The van der Waals surface area contributed by atoms with Crippen molar-refractivity contribution < 1.29 is 9.59 Å². The Morgan fingerprint density at radius 2 is 1.59 bits per heavy atom. The molecular weight excluding hydrogens is 340 g/mol. The van der Waals surface area contributed by atoms with Crippen LogP contribution < -0.4 is 10.2 Å². The van der Waals surface area contributed by atoms with Gasteiger partial charge in [-0.1, -0.05) is 18.7 Å². The first-order valence-electron chi connectivity index (χ1n) is 8.25. The topological polar surface area (TPSA) is 75.2 Å². The fourth-order valence-corrected chi connectivity index (χ4v) is 2.50. The SMILES string of the molecule is C=CC(=O)N(C)c1ccc(C(=O)Nc2ccc(-c3cncnc3)cc2)cc1. The number of nitrogens with zero attached hydrogens (tertiary/aromatic N) is 3. The second-order valence-electron chi connectivity index (χ2n) is 5.81. The second kappa shape index (κ2) is 8.05. The first kappa shape index (κ1) is 18.0. The Morgan fingerprint density at radius 1 is 0.963 bits per heavy atom. The fourth-order valence-electron chi connectivity index (χ4n) is 2.50. The summed E-state index contributed by atoms with van der Waals surface area (Å²) >= 11 is 0. The number of hydrogen-bond acceptors (Lipinski definition) is 4. The molecule has 6 nitrogen and oxygen atoms in total. The van der Waals surface area contributed by atoms with Crippen LogP contribution in [-0.4, -0.2) is 28.8 Å². The molecule has 0 unspecified atom stereocenters. The molecule has 0 saturated heterocycles. The number of carbonyl (C=O) groups is 2. The second-order valence-corrected chi connectivity index (χ2v) is 5.81. The molecule has 0 atom stereocenters. The predicted octanol–water partition coefficient (Wildman–Crippen LogP) is 3.54. The zero-order chi connectivity index (χ0) is 19.2. The van der Waals surface area contributed by atoms with E-state index in [1.807, 2.05) is 24.3 Å². The summed E-state index contributed by atoms with van der Waals surface area (Å²) in [5.41, 5.74) is 3.74. The molecule has 1 aromatic heterocycles. The van der Waals surface area contributed by atoms with Gasteiger partial charge in [0.25, 0.3) is 5.91 Å². The molecule has 1 N–H and O–H groups in total. The highest BCUT2D eigenvalue weighted by Crippen LogP contribution is 2.20. The summed E-state index contributed by atoms with van der Waals surface area (Å²) in [7, 11) is 1.65. The van der Waals surface area contributed by atoms with Crippen molar-refractivity contribution in [3.63, 3.8) is 0 Å². The minimum atomic E-state index is -0.227. The minimum absolute atomic E-state index is 0.212. The lowest BCUT2D eigenvalue weighted by atomic mass is 10.1. The van der Waals surface area contributed by atoms with Gasteiger partial charge in [-0.25, -0.2) is 9.97 Å². The Balaban J connectivity index is 1.68. The van der Waals surface area contributed by atoms with E-state index in [1.165, 1.54) is 17.3 Å². The molecule has 0 spiro atoms. The Hall–Kier alpha value is -3.80. The van der Waals surface area contributed by atoms with E-state index >= 15 is 0 Å². The molecule has 0 saturated carbocycles. The lowest BCUT2D eigenvalue weighted by Crippen LogP contribution is -2.23. The van der Waals surface area contributed by atoms with Gasteiger partial charge in [-0.3, -0.25) is 9.59 Å².